The van der Waals surface area contributed by atoms with E-state index in [1.165, 1.54) is 36.8 Å². The normalized spacial score (nSPS) is 16.2. The van der Waals surface area contributed by atoms with E-state index in [0.29, 0.717) is 5.01 Å². The second kappa shape index (κ2) is 10.1. The molecule has 0 radical (unpaired) electrons. The van der Waals surface area contributed by atoms with Gasteiger partial charge in [0.2, 0.25) is 5.13 Å². The fourth-order valence-electron chi connectivity index (χ4n) is 3.83. The van der Waals surface area contributed by atoms with Gasteiger partial charge in [-0.15, -0.1) is 22.5 Å². The van der Waals surface area contributed by atoms with Gasteiger partial charge in [0, 0.05) is 35.4 Å². The number of aromatic nitrogens is 5. The zero-order chi connectivity index (χ0) is 27.0. The molecule has 4 heterocycles. The van der Waals surface area contributed by atoms with Gasteiger partial charge < -0.3 is 4.74 Å². The van der Waals surface area contributed by atoms with Gasteiger partial charge in [-0.2, -0.15) is 0 Å². The number of rotatable bonds is 7. The maximum atomic E-state index is 13.9. The third kappa shape index (κ3) is 4.73. The molecule has 1 amide bonds. The SMILES string of the molecule is C#C[C@H]1CC1c1nnc(NC(=O)c2cnc(-n3cccc(F)c3=O)cc2-c2cc(C(F)F)ncc2OC)s1. The van der Waals surface area contributed by atoms with Crippen molar-refractivity contribution in [2.45, 2.75) is 18.8 Å². The van der Waals surface area contributed by atoms with Gasteiger partial charge in [-0.25, -0.2) is 18.2 Å². The zero-order valence-electron chi connectivity index (χ0n) is 19.6. The highest BCUT2D eigenvalue weighted by Crippen LogP contribution is 2.48. The Morgan fingerprint density at radius 3 is 2.79 bits per heavy atom. The van der Waals surface area contributed by atoms with E-state index in [2.05, 4.69) is 31.4 Å². The maximum absolute atomic E-state index is 13.9. The predicted octanol–water partition coefficient (Wildman–Crippen LogP) is 4.22. The van der Waals surface area contributed by atoms with Gasteiger partial charge in [0.05, 0.1) is 18.9 Å². The lowest BCUT2D eigenvalue weighted by Gasteiger charge is -2.15. The van der Waals surface area contributed by atoms with E-state index in [1.54, 1.807) is 0 Å². The maximum Gasteiger partial charge on any atom is 0.292 e. The van der Waals surface area contributed by atoms with Crippen LogP contribution in [-0.2, 0) is 0 Å². The highest BCUT2D eigenvalue weighted by atomic mass is 32.1. The van der Waals surface area contributed by atoms with Crippen molar-refractivity contribution in [2.75, 3.05) is 12.4 Å². The Labute approximate surface area is 217 Å². The highest BCUT2D eigenvalue weighted by Gasteiger charge is 2.39. The predicted molar refractivity (Wildman–Crippen MR) is 132 cm³/mol. The van der Waals surface area contributed by atoms with Crippen molar-refractivity contribution >= 4 is 22.4 Å². The average molecular weight is 539 g/mol. The molecule has 0 aromatic carbocycles. The van der Waals surface area contributed by atoms with Crippen LogP contribution in [0.3, 0.4) is 0 Å². The summed E-state index contributed by atoms with van der Waals surface area (Å²) in [6.07, 6.45) is 6.87. The van der Waals surface area contributed by atoms with Crippen molar-refractivity contribution in [1.82, 2.24) is 24.7 Å². The number of anilines is 1. The van der Waals surface area contributed by atoms with Crippen LogP contribution in [-0.4, -0.2) is 37.7 Å². The number of hydrogen-bond donors (Lipinski definition) is 1. The summed E-state index contributed by atoms with van der Waals surface area (Å²) in [4.78, 5) is 33.5. The van der Waals surface area contributed by atoms with Gasteiger partial charge >= 0.3 is 0 Å². The molecule has 5 rings (SSSR count). The minimum Gasteiger partial charge on any atom is -0.494 e. The summed E-state index contributed by atoms with van der Waals surface area (Å²) in [7, 11) is 1.31. The molecule has 192 valence electrons. The Morgan fingerprint density at radius 1 is 1.26 bits per heavy atom. The molecule has 0 aliphatic heterocycles. The Hall–Kier alpha value is -4.57. The third-order valence-electron chi connectivity index (χ3n) is 5.89. The first-order chi connectivity index (χ1) is 18.3. The summed E-state index contributed by atoms with van der Waals surface area (Å²) in [5, 5.41) is 11.6. The fourth-order valence-corrected chi connectivity index (χ4v) is 4.75. The first-order valence-electron chi connectivity index (χ1n) is 11.1. The summed E-state index contributed by atoms with van der Waals surface area (Å²) in [6.45, 7) is 0. The van der Waals surface area contributed by atoms with Gasteiger partial charge in [0.15, 0.2) is 5.82 Å². The summed E-state index contributed by atoms with van der Waals surface area (Å²) in [5.74, 6) is 1.19. The molecule has 2 atom stereocenters. The Kier molecular flexibility index (Phi) is 6.64. The average Bonchev–Trinajstić information content (AvgIpc) is 3.58. The number of hydrogen-bond acceptors (Lipinski definition) is 8. The van der Waals surface area contributed by atoms with Gasteiger partial charge in [0.25, 0.3) is 17.9 Å². The second-order valence-electron chi connectivity index (χ2n) is 8.24. The van der Waals surface area contributed by atoms with Gasteiger partial charge in [-0.1, -0.05) is 11.3 Å². The highest BCUT2D eigenvalue weighted by molar-refractivity contribution is 7.15. The topological polar surface area (TPSA) is 112 Å². The molecule has 0 bridgehead atoms. The first kappa shape index (κ1) is 25.1. The van der Waals surface area contributed by atoms with Gasteiger partial charge in [0.1, 0.15) is 22.3 Å². The summed E-state index contributed by atoms with van der Waals surface area (Å²) in [6, 6.07) is 4.67. The van der Waals surface area contributed by atoms with Crippen LogP contribution in [0, 0.1) is 24.1 Å². The Morgan fingerprint density at radius 2 is 2.08 bits per heavy atom. The molecule has 13 heteroatoms. The van der Waals surface area contributed by atoms with Crippen LogP contribution in [0.15, 0.2) is 47.7 Å². The molecule has 0 spiro atoms. The molecular formula is C25H17F3N6O3S. The lowest BCUT2D eigenvalue weighted by atomic mass is 10.00. The molecule has 4 aromatic rings. The summed E-state index contributed by atoms with van der Waals surface area (Å²) >= 11 is 1.17. The zero-order valence-corrected chi connectivity index (χ0v) is 20.4. The molecule has 1 unspecified atom stereocenters. The van der Waals surface area contributed by atoms with Crippen LogP contribution in [0.4, 0.5) is 18.3 Å². The number of nitrogens with one attached hydrogen (secondary N) is 1. The number of methoxy groups -OCH3 is 1. The van der Waals surface area contributed by atoms with E-state index >= 15 is 0 Å². The largest absolute Gasteiger partial charge is 0.494 e. The van der Waals surface area contributed by atoms with Crippen molar-refractivity contribution in [3.63, 3.8) is 0 Å². The van der Waals surface area contributed by atoms with Crippen LogP contribution < -0.4 is 15.6 Å². The lowest BCUT2D eigenvalue weighted by Crippen LogP contribution is -2.22. The minimum atomic E-state index is -2.90. The van der Waals surface area contributed by atoms with E-state index in [9.17, 15) is 22.8 Å². The van der Waals surface area contributed by atoms with E-state index in [0.717, 1.165) is 35.5 Å². The smallest absolute Gasteiger partial charge is 0.292 e. The molecular weight excluding hydrogens is 521 g/mol. The Bertz CT molecular complexity index is 1650. The van der Waals surface area contributed by atoms with Crippen LogP contribution in [0.5, 0.6) is 5.75 Å². The van der Waals surface area contributed by atoms with E-state index in [4.69, 9.17) is 11.2 Å². The molecule has 38 heavy (non-hydrogen) atoms. The number of nitrogens with zero attached hydrogens (tertiary/aromatic N) is 5. The minimum absolute atomic E-state index is 0.0485. The second-order valence-corrected chi connectivity index (χ2v) is 9.25. The first-order valence-corrected chi connectivity index (χ1v) is 11.9. The number of carbonyl (C=O) groups excluding carboxylic acids is 1. The number of carbonyl (C=O) groups is 1. The number of ether oxygens (including phenoxy) is 1. The van der Waals surface area contributed by atoms with E-state index < -0.39 is 29.4 Å². The molecule has 1 aliphatic carbocycles. The molecule has 4 aromatic heterocycles. The molecule has 1 aliphatic rings. The van der Waals surface area contributed by atoms with Crippen LogP contribution in [0.2, 0.25) is 0 Å². The summed E-state index contributed by atoms with van der Waals surface area (Å²) < 4.78 is 47.2. The van der Waals surface area contributed by atoms with Crippen LogP contribution in [0.1, 0.15) is 39.8 Å². The number of amides is 1. The van der Waals surface area contributed by atoms with Crippen molar-refractivity contribution < 1.29 is 22.7 Å². The Balaban J connectivity index is 1.60. The number of halogens is 3. The van der Waals surface area contributed by atoms with E-state index in [-0.39, 0.29) is 45.2 Å². The van der Waals surface area contributed by atoms with Crippen LogP contribution >= 0.6 is 11.3 Å². The third-order valence-corrected chi connectivity index (χ3v) is 6.86. The number of terminal acetylenes is 1. The molecule has 9 nitrogen and oxygen atoms in total. The monoisotopic (exact) mass is 538 g/mol. The lowest BCUT2D eigenvalue weighted by molar-refractivity contribution is 0.102. The quantitative estimate of drug-likeness (QED) is 0.351. The standard InChI is InChI=1S/C25H17F3N6O3S/c1-3-12-7-13(12)23-32-33-25(38-23)31-22(35)16-10-30-20(34-6-4-5-17(26)24(34)36)9-14(16)15-8-18(21(27)28)29-11-19(15)37-2/h1,4-6,8-13,21H,7H2,2H3,(H,31,33,35)/t12-,13?/m0/s1. The van der Waals surface area contributed by atoms with E-state index in [1.807, 2.05) is 0 Å². The molecule has 1 N–H and O–H groups in total. The summed E-state index contributed by atoms with van der Waals surface area (Å²) in [5.41, 5.74) is -1.42. The van der Waals surface area contributed by atoms with Crippen molar-refractivity contribution in [1.29, 1.82) is 0 Å². The molecule has 1 saturated carbocycles. The van der Waals surface area contributed by atoms with Gasteiger partial charge in [-0.05, 0) is 30.7 Å². The number of pyridine rings is 3. The van der Waals surface area contributed by atoms with Crippen LogP contribution in [0.25, 0.3) is 16.9 Å². The number of alkyl halides is 2. The molecule has 1 fully saturated rings. The van der Waals surface area contributed by atoms with Gasteiger partial charge in [-0.3, -0.25) is 24.5 Å². The molecule has 0 saturated heterocycles. The van der Waals surface area contributed by atoms with Crippen molar-refractivity contribution in [2.24, 2.45) is 5.92 Å². The fraction of sp³-hybridized carbons (Fsp3) is 0.200. The van der Waals surface area contributed by atoms with Crippen molar-refractivity contribution in [3.05, 3.63) is 75.3 Å². The van der Waals surface area contributed by atoms with Crippen molar-refractivity contribution in [3.8, 4) is 35.0 Å².